The molecule has 1 heterocycles. The van der Waals surface area contributed by atoms with Crippen molar-refractivity contribution in [2.45, 2.75) is 12.5 Å². The molecule has 0 aliphatic heterocycles. The monoisotopic (exact) mass is 258 g/mol. The average molecular weight is 258 g/mol. The molecular formula is C15H14O2S. The number of thiophene rings is 1. The van der Waals surface area contributed by atoms with Crippen LogP contribution in [0.4, 0.5) is 0 Å². The zero-order valence-electron chi connectivity index (χ0n) is 9.84. The fraction of sp³-hybridized carbons (Fsp3) is 0.200. The van der Waals surface area contributed by atoms with Gasteiger partial charge in [-0.2, -0.15) is 0 Å². The molecule has 2 aromatic carbocycles. The van der Waals surface area contributed by atoms with Gasteiger partial charge in [-0.05, 0) is 11.6 Å². The molecule has 92 valence electrons. The first-order chi connectivity index (χ1) is 8.81. The maximum absolute atomic E-state index is 10.1. The maximum atomic E-state index is 10.1. The summed E-state index contributed by atoms with van der Waals surface area (Å²) in [5.41, 5.74) is 0.919. The fourth-order valence-corrected chi connectivity index (χ4v) is 3.57. The molecule has 3 rings (SSSR count). The summed E-state index contributed by atoms with van der Waals surface area (Å²) in [5, 5.41) is 21.5. The molecule has 1 atom stereocenters. The van der Waals surface area contributed by atoms with Crippen LogP contribution in [0.2, 0.25) is 0 Å². The molecule has 1 aromatic heterocycles. The fourth-order valence-electron chi connectivity index (χ4n) is 2.31. The summed E-state index contributed by atoms with van der Waals surface area (Å²) in [5.74, 6) is 0. The van der Waals surface area contributed by atoms with E-state index in [2.05, 4.69) is 18.2 Å². The van der Waals surface area contributed by atoms with E-state index in [4.69, 9.17) is 5.11 Å². The van der Waals surface area contributed by atoms with E-state index in [1.165, 1.54) is 15.5 Å². The van der Waals surface area contributed by atoms with Gasteiger partial charge in [0.05, 0.1) is 6.10 Å². The Morgan fingerprint density at radius 2 is 1.78 bits per heavy atom. The molecule has 0 aliphatic carbocycles. The second-order valence-electron chi connectivity index (χ2n) is 4.35. The van der Waals surface area contributed by atoms with Crippen LogP contribution in [-0.4, -0.2) is 16.8 Å². The van der Waals surface area contributed by atoms with Crippen molar-refractivity contribution in [2.24, 2.45) is 0 Å². The smallest absolute Gasteiger partial charge is 0.0825 e. The molecule has 0 bridgehead atoms. The third kappa shape index (κ3) is 1.81. The lowest BCUT2D eigenvalue weighted by Gasteiger charge is -2.10. The van der Waals surface area contributed by atoms with Crippen LogP contribution in [0.1, 0.15) is 18.1 Å². The Morgan fingerprint density at radius 1 is 1.00 bits per heavy atom. The summed E-state index contributed by atoms with van der Waals surface area (Å²) in [6, 6.07) is 14.3. The SMILES string of the molecule is OCCC(O)c1cccc2c1sc1ccccc12. The molecule has 2 nitrogen and oxygen atoms in total. The summed E-state index contributed by atoms with van der Waals surface area (Å²) in [7, 11) is 0. The summed E-state index contributed by atoms with van der Waals surface area (Å²) in [6.45, 7) is 0.00243. The van der Waals surface area contributed by atoms with Crippen LogP contribution >= 0.6 is 11.3 Å². The minimum atomic E-state index is -0.591. The minimum Gasteiger partial charge on any atom is -0.396 e. The zero-order valence-corrected chi connectivity index (χ0v) is 10.7. The Morgan fingerprint density at radius 3 is 2.61 bits per heavy atom. The first kappa shape index (κ1) is 11.7. The third-order valence-corrected chi connectivity index (χ3v) is 4.43. The van der Waals surface area contributed by atoms with Crippen LogP contribution in [-0.2, 0) is 0 Å². The summed E-state index contributed by atoms with van der Waals surface area (Å²) < 4.78 is 2.36. The lowest BCUT2D eigenvalue weighted by Crippen LogP contribution is -1.99. The molecule has 0 aliphatic rings. The van der Waals surface area contributed by atoms with E-state index in [9.17, 15) is 5.11 Å². The van der Waals surface area contributed by atoms with Crippen LogP contribution in [0.3, 0.4) is 0 Å². The van der Waals surface area contributed by atoms with E-state index in [-0.39, 0.29) is 6.61 Å². The number of hydrogen-bond donors (Lipinski definition) is 2. The van der Waals surface area contributed by atoms with Gasteiger partial charge >= 0.3 is 0 Å². The highest BCUT2D eigenvalue weighted by molar-refractivity contribution is 7.26. The van der Waals surface area contributed by atoms with Crippen molar-refractivity contribution in [1.29, 1.82) is 0 Å². The Hall–Kier alpha value is -1.42. The number of aliphatic hydroxyl groups is 2. The van der Waals surface area contributed by atoms with E-state index < -0.39 is 6.10 Å². The number of hydrogen-bond acceptors (Lipinski definition) is 3. The van der Waals surface area contributed by atoms with Gasteiger partial charge in [-0.3, -0.25) is 0 Å². The zero-order chi connectivity index (χ0) is 12.5. The van der Waals surface area contributed by atoms with E-state index in [1.54, 1.807) is 11.3 Å². The van der Waals surface area contributed by atoms with Gasteiger partial charge in [0, 0.05) is 33.2 Å². The molecule has 0 amide bonds. The van der Waals surface area contributed by atoms with Crippen molar-refractivity contribution in [2.75, 3.05) is 6.61 Å². The minimum absolute atomic E-state index is 0.00243. The van der Waals surface area contributed by atoms with Crippen LogP contribution in [0.25, 0.3) is 20.2 Å². The van der Waals surface area contributed by atoms with Crippen molar-refractivity contribution in [3.05, 3.63) is 48.0 Å². The van der Waals surface area contributed by atoms with Crippen molar-refractivity contribution in [1.82, 2.24) is 0 Å². The lowest BCUT2D eigenvalue weighted by molar-refractivity contribution is 0.135. The highest BCUT2D eigenvalue weighted by Gasteiger charge is 2.13. The van der Waals surface area contributed by atoms with Gasteiger partial charge in [-0.15, -0.1) is 11.3 Å². The first-order valence-electron chi connectivity index (χ1n) is 6.00. The van der Waals surface area contributed by atoms with Crippen LogP contribution in [0, 0.1) is 0 Å². The average Bonchev–Trinajstić information content (AvgIpc) is 2.77. The Bertz CT molecular complexity index is 687. The number of rotatable bonds is 3. The topological polar surface area (TPSA) is 40.5 Å². The molecule has 0 saturated carbocycles. The van der Waals surface area contributed by atoms with Gasteiger partial charge in [-0.25, -0.2) is 0 Å². The third-order valence-electron chi connectivity index (χ3n) is 3.20. The molecule has 0 fully saturated rings. The van der Waals surface area contributed by atoms with Gasteiger partial charge in [-0.1, -0.05) is 36.4 Å². The molecule has 3 heteroatoms. The maximum Gasteiger partial charge on any atom is 0.0825 e. The van der Waals surface area contributed by atoms with Gasteiger partial charge in [0.1, 0.15) is 0 Å². The standard InChI is InChI=1S/C15H14O2S/c16-9-8-13(17)12-6-3-5-11-10-4-1-2-7-14(10)18-15(11)12/h1-7,13,16-17H,8-9H2. The Labute approximate surface area is 109 Å². The number of fused-ring (bicyclic) bond motifs is 3. The largest absolute Gasteiger partial charge is 0.396 e. The van der Waals surface area contributed by atoms with E-state index >= 15 is 0 Å². The molecular weight excluding hydrogens is 244 g/mol. The molecule has 0 radical (unpaired) electrons. The number of benzene rings is 2. The van der Waals surface area contributed by atoms with Gasteiger partial charge < -0.3 is 10.2 Å². The first-order valence-corrected chi connectivity index (χ1v) is 6.82. The second-order valence-corrected chi connectivity index (χ2v) is 5.40. The van der Waals surface area contributed by atoms with Gasteiger partial charge in [0.25, 0.3) is 0 Å². The van der Waals surface area contributed by atoms with Crippen molar-refractivity contribution in [3.8, 4) is 0 Å². The second kappa shape index (κ2) is 4.69. The molecule has 2 N–H and O–H groups in total. The van der Waals surface area contributed by atoms with Crippen LogP contribution in [0.15, 0.2) is 42.5 Å². The highest BCUT2D eigenvalue weighted by atomic mass is 32.1. The summed E-state index contributed by atoms with van der Waals surface area (Å²) in [6.07, 6.45) is -0.209. The molecule has 1 unspecified atom stereocenters. The van der Waals surface area contributed by atoms with Crippen molar-refractivity contribution < 1.29 is 10.2 Å². The number of aliphatic hydroxyl groups excluding tert-OH is 2. The summed E-state index contributed by atoms with van der Waals surface area (Å²) >= 11 is 1.70. The predicted molar refractivity (Wildman–Crippen MR) is 76.0 cm³/mol. The molecule has 0 saturated heterocycles. The normalized spacial score (nSPS) is 13.2. The molecule has 0 spiro atoms. The van der Waals surface area contributed by atoms with E-state index in [0.29, 0.717) is 6.42 Å². The Balaban J connectivity index is 2.27. The predicted octanol–water partition coefficient (Wildman–Crippen LogP) is 3.47. The van der Waals surface area contributed by atoms with Crippen LogP contribution < -0.4 is 0 Å². The molecule has 18 heavy (non-hydrogen) atoms. The van der Waals surface area contributed by atoms with Gasteiger partial charge in [0.2, 0.25) is 0 Å². The molecule has 3 aromatic rings. The Kier molecular flexibility index (Phi) is 3.04. The van der Waals surface area contributed by atoms with E-state index in [1.807, 2.05) is 24.3 Å². The summed E-state index contributed by atoms with van der Waals surface area (Å²) in [4.78, 5) is 0. The van der Waals surface area contributed by atoms with E-state index in [0.717, 1.165) is 10.3 Å². The van der Waals surface area contributed by atoms with Crippen LogP contribution in [0.5, 0.6) is 0 Å². The lowest BCUT2D eigenvalue weighted by atomic mass is 10.0. The van der Waals surface area contributed by atoms with Crippen molar-refractivity contribution >= 4 is 31.5 Å². The van der Waals surface area contributed by atoms with Crippen molar-refractivity contribution in [3.63, 3.8) is 0 Å². The highest BCUT2D eigenvalue weighted by Crippen LogP contribution is 2.38. The quantitative estimate of drug-likeness (QED) is 0.755. The van der Waals surface area contributed by atoms with Gasteiger partial charge in [0.15, 0.2) is 0 Å².